The number of hydrogen-bond acceptors (Lipinski definition) is 12. The Morgan fingerprint density at radius 2 is 1.36 bits per heavy atom. The Balaban J connectivity index is 2.46. The van der Waals surface area contributed by atoms with E-state index in [1.165, 1.54) is 38.5 Å². The number of aliphatic hydroxyl groups excluding tert-OH is 4. The first kappa shape index (κ1) is 51.3. The van der Waals surface area contributed by atoms with Crippen molar-refractivity contribution >= 4 is 25.5 Å². The topological polar surface area (TPSA) is 206 Å². The van der Waals surface area contributed by atoms with Crippen molar-refractivity contribution in [2.45, 2.75) is 186 Å². The van der Waals surface area contributed by atoms with E-state index < -0.39 is 76.5 Å². The van der Waals surface area contributed by atoms with Crippen molar-refractivity contribution < 1.29 is 62.8 Å². The van der Waals surface area contributed by atoms with Gasteiger partial charge in [-0.2, -0.15) is 0 Å². The molecule has 0 heterocycles. The molecule has 0 bridgehead atoms. The third kappa shape index (κ3) is 26.8. The molecule has 1 fully saturated rings. The molecule has 0 amide bonds. The van der Waals surface area contributed by atoms with Gasteiger partial charge >= 0.3 is 19.8 Å². The van der Waals surface area contributed by atoms with E-state index in [2.05, 4.69) is 25.3 Å². The molecule has 7 atom stereocenters. The standard InChI is InChI=1S/C41H75O13P/c1-4-5-15-21-33(43)25-26-37-36(38(45)27-39(37)46)22-17-13-14-18-23-40(47)51-30-35(31-53-55(49,50)52-29-34(44)28-42)54-41(48)24-19-12-10-8-6-7-9-11-16-20-32(2)3/h25-26,32-38,42-45H,4-24,27-31H2,1-3H3,(H,49,50)/b26-25+/t33-,34-,35+,36+,37+,38-/m0/s1. The van der Waals surface area contributed by atoms with E-state index in [9.17, 15) is 39.2 Å². The maximum Gasteiger partial charge on any atom is 0.472 e. The summed E-state index contributed by atoms with van der Waals surface area (Å²) >= 11 is 0. The highest BCUT2D eigenvalue weighted by Crippen LogP contribution is 2.43. The third-order valence-corrected chi connectivity index (χ3v) is 11.0. The molecule has 0 spiro atoms. The number of esters is 2. The minimum Gasteiger partial charge on any atom is -0.462 e. The van der Waals surface area contributed by atoms with Crippen LogP contribution < -0.4 is 0 Å². The van der Waals surface area contributed by atoms with Gasteiger partial charge in [-0.1, -0.05) is 129 Å². The molecule has 0 aliphatic heterocycles. The van der Waals surface area contributed by atoms with Gasteiger partial charge in [-0.3, -0.25) is 23.4 Å². The number of ether oxygens (including phenoxy) is 2. The van der Waals surface area contributed by atoms with Crippen molar-refractivity contribution in [3.8, 4) is 0 Å². The highest BCUT2D eigenvalue weighted by molar-refractivity contribution is 7.47. The molecule has 5 N–H and O–H groups in total. The number of aliphatic hydroxyl groups is 4. The van der Waals surface area contributed by atoms with Gasteiger partial charge in [0.2, 0.25) is 0 Å². The molecule has 1 rings (SSSR count). The van der Waals surface area contributed by atoms with Crippen LogP contribution in [0.2, 0.25) is 0 Å². The smallest absolute Gasteiger partial charge is 0.462 e. The second-order valence-electron chi connectivity index (χ2n) is 15.6. The summed E-state index contributed by atoms with van der Waals surface area (Å²) in [6.45, 7) is 4.28. The van der Waals surface area contributed by atoms with Gasteiger partial charge in [0.25, 0.3) is 0 Å². The third-order valence-electron chi connectivity index (χ3n) is 10.0. The Hall–Kier alpha value is -1.70. The first-order chi connectivity index (χ1) is 26.3. The zero-order valence-corrected chi connectivity index (χ0v) is 34.9. The van der Waals surface area contributed by atoms with Crippen LogP contribution >= 0.6 is 7.82 Å². The Bertz CT molecular complexity index is 1100. The Labute approximate surface area is 330 Å². The van der Waals surface area contributed by atoms with Crippen LogP contribution in [0.25, 0.3) is 0 Å². The second-order valence-corrected chi connectivity index (χ2v) is 17.1. The molecule has 0 saturated heterocycles. The van der Waals surface area contributed by atoms with Gasteiger partial charge in [0.1, 0.15) is 18.5 Å². The largest absolute Gasteiger partial charge is 0.472 e. The average molecular weight is 807 g/mol. The lowest BCUT2D eigenvalue weighted by Crippen LogP contribution is -2.29. The molecule has 0 aromatic carbocycles. The molecule has 0 aromatic rings. The molecule has 0 aromatic heterocycles. The molecule has 322 valence electrons. The summed E-state index contributed by atoms with van der Waals surface area (Å²) in [5.74, 6) is -0.935. The van der Waals surface area contributed by atoms with E-state index in [-0.39, 0.29) is 31.0 Å². The zero-order chi connectivity index (χ0) is 40.9. The maximum atomic E-state index is 12.6. The van der Waals surface area contributed by atoms with Crippen molar-refractivity contribution in [1.82, 2.24) is 0 Å². The predicted molar refractivity (Wildman–Crippen MR) is 211 cm³/mol. The Morgan fingerprint density at radius 3 is 1.98 bits per heavy atom. The first-order valence-corrected chi connectivity index (χ1v) is 22.6. The van der Waals surface area contributed by atoms with Crippen LogP contribution in [0.3, 0.4) is 0 Å². The minimum atomic E-state index is -4.67. The van der Waals surface area contributed by atoms with E-state index in [0.717, 1.165) is 57.3 Å². The van der Waals surface area contributed by atoms with Crippen LogP contribution in [0, 0.1) is 17.8 Å². The number of carbonyl (C=O) groups is 3. The van der Waals surface area contributed by atoms with Crippen molar-refractivity contribution in [3.63, 3.8) is 0 Å². The molecular weight excluding hydrogens is 731 g/mol. The highest BCUT2D eigenvalue weighted by Gasteiger charge is 2.39. The van der Waals surface area contributed by atoms with Crippen molar-refractivity contribution in [3.05, 3.63) is 12.2 Å². The Kier molecular flexibility index (Phi) is 29.2. The quantitative estimate of drug-likeness (QED) is 0.0185. The number of Topliss-reactive ketones (excluding diaryl/α,β-unsaturated/α-hetero) is 1. The Morgan fingerprint density at radius 1 is 0.800 bits per heavy atom. The van der Waals surface area contributed by atoms with Gasteiger partial charge in [0.05, 0.1) is 32.0 Å². The average Bonchev–Trinajstić information content (AvgIpc) is 3.41. The summed E-state index contributed by atoms with van der Waals surface area (Å²) < 4.78 is 32.6. The SMILES string of the molecule is CCCCC[C@H](O)/C=C/[C@H]1C(=O)C[C@H](O)[C@@H]1CCCCCCC(=O)OC[C@H](COP(=O)(O)OC[C@@H](O)CO)OC(=O)CCCCCCCCCCCC(C)C. The fourth-order valence-electron chi connectivity index (χ4n) is 6.67. The molecule has 13 nitrogen and oxygen atoms in total. The maximum absolute atomic E-state index is 12.6. The first-order valence-electron chi connectivity index (χ1n) is 21.1. The summed E-state index contributed by atoms with van der Waals surface area (Å²) in [5.41, 5.74) is 0. The van der Waals surface area contributed by atoms with E-state index in [4.69, 9.17) is 19.1 Å². The van der Waals surface area contributed by atoms with E-state index in [1.807, 2.05) is 0 Å². The zero-order valence-electron chi connectivity index (χ0n) is 34.0. The molecule has 1 aliphatic rings. The summed E-state index contributed by atoms with van der Waals surface area (Å²) in [7, 11) is -4.67. The van der Waals surface area contributed by atoms with Gasteiger partial charge in [-0.25, -0.2) is 4.57 Å². The number of phosphoric ester groups is 1. The number of phosphoric acid groups is 1. The van der Waals surface area contributed by atoms with Crippen LogP contribution in [-0.4, -0.2) is 93.9 Å². The van der Waals surface area contributed by atoms with Crippen LogP contribution in [-0.2, 0) is 37.5 Å². The summed E-state index contributed by atoms with van der Waals surface area (Å²) in [5, 5.41) is 39.0. The monoisotopic (exact) mass is 806 g/mol. The van der Waals surface area contributed by atoms with Gasteiger partial charge in [0, 0.05) is 25.2 Å². The van der Waals surface area contributed by atoms with Crippen LogP contribution in [0.4, 0.5) is 0 Å². The number of unbranched alkanes of at least 4 members (excludes halogenated alkanes) is 13. The molecule has 1 aliphatic carbocycles. The molecule has 1 unspecified atom stereocenters. The summed E-state index contributed by atoms with van der Waals surface area (Å²) in [4.78, 5) is 47.6. The van der Waals surface area contributed by atoms with Gasteiger partial charge in [-0.05, 0) is 37.5 Å². The van der Waals surface area contributed by atoms with Gasteiger partial charge < -0.3 is 34.8 Å². The van der Waals surface area contributed by atoms with Crippen LogP contribution in [0.15, 0.2) is 12.2 Å². The lowest BCUT2D eigenvalue weighted by molar-refractivity contribution is -0.161. The molecular formula is C41H75O13P. The fourth-order valence-corrected chi connectivity index (χ4v) is 7.46. The number of rotatable bonds is 35. The normalized spacial score (nSPS) is 20.2. The van der Waals surface area contributed by atoms with Gasteiger partial charge in [-0.15, -0.1) is 0 Å². The van der Waals surface area contributed by atoms with Crippen molar-refractivity contribution in [2.75, 3.05) is 26.4 Å². The van der Waals surface area contributed by atoms with E-state index >= 15 is 0 Å². The van der Waals surface area contributed by atoms with Crippen molar-refractivity contribution in [1.29, 1.82) is 0 Å². The molecule has 1 saturated carbocycles. The van der Waals surface area contributed by atoms with Crippen LogP contribution in [0.5, 0.6) is 0 Å². The fraction of sp³-hybridized carbons (Fsp3) is 0.878. The van der Waals surface area contributed by atoms with E-state index in [0.29, 0.717) is 32.1 Å². The number of hydrogen-bond donors (Lipinski definition) is 5. The predicted octanol–water partition coefficient (Wildman–Crippen LogP) is 7.28. The minimum absolute atomic E-state index is 0.00895. The van der Waals surface area contributed by atoms with E-state index in [1.54, 1.807) is 12.2 Å². The number of allylic oxidation sites excluding steroid dienone is 1. The lowest BCUT2D eigenvalue weighted by atomic mass is 9.88. The van der Waals surface area contributed by atoms with Gasteiger partial charge in [0.15, 0.2) is 6.10 Å². The summed E-state index contributed by atoms with van der Waals surface area (Å²) in [6.07, 6.45) is 18.2. The number of carbonyl (C=O) groups excluding carboxylic acids is 3. The van der Waals surface area contributed by atoms with Crippen LogP contribution in [0.1, 0.15) is 162 Å². The highest BCUT2D eigenvalue weighted by atomic mass is 31.2. The summed E-state index contributed by atoms with van der Waals surface area (Å²) in [6, 6.07) is 0. The number of ketones is 1. The lowest BCUT2D eigenvalue weighted by Gasteiger charge is -2.20. The molecule has 14 heteroatoms. The molecule has 55 heavy (non-hydrogen) atoms. The molecule has 0 radical (unpaired) electrons. The van der Waals surface area contributed by atoms with Crippen molar-refractivity contribution in [2.24, 2.45) is 17.8 Å². The second kappa shape index (κ2) is 31.3.